The number of amides is 1. The average Bonchev–Trinajstić information content (AvgIpc) is 2.41. The molecule has 2 aromatic rings. The first kappa shape index (κ1) is 14.9. The standard InChI is InChI=1S/C15H13BrClNO2/c1-2-20-14-7-6-10(16)8-13(14)15(19)18-12-5-3-4-11(17)9-12/h3-9H,2H2,1H3,(H,18,19). The predicted octanol–water partition coefficient (Wildman–Crippen LogP) is 4.75. The summed E-state index contributed by atoms with van der Waals surface area (Å²) in [6, 6.07) is 12.3. The Kier molecular flexibility index (Phi) is 5.04. The van der Waals surface area contributed by atoms with Crippen LogP contribution in [-0.2, 0) is 0 Å². The van der Waals surface area contributed by atoms with Crippen molar-refractivity contribution in [2.24, 2.45) is 0 Å². The third-order valence-electron chi connectivity index (χ3n) is 2.57. The van der Waals surface area contributed by atoms with Crippen molar-refractivity contribution in [1.82, 2.24) is 0 Å². The highest BCUT2D eigenvalue weighted by Crippen LogP contribution is 2.25. The first-order valence-electron chi connectivity index (χ1n) is 6.09. The fourth-order valence-electron chi connectivity index (χ4n) is 1.73. The molecule has 0 radical (unpaired) electrons. The number of hydrogen-bond acceptors (Lipinski definition) is 2. The molecule has 2 rings (SSSR count). The number of ether oxygens (including phenoxy) is 1. The van der Waals surface area contributed by atoms with E-state index >= 15 is 0 Å². The van der Waals surface area contributed by atoms with Gasteiger partial charge in [-0.15, -0.1) is 0 Å². The van der Waals surface area contributed by atoms with Gasteiger partial charge in [-0.2, -0.15) is 0 Å². The van der Waals surface area contributed by atoms with Crippen LogP contribution in [0.3, 0.4) is 0 Å². The second kappa shape index (κ2) is 6.77. The van der Waals surface area contributed by atoms with Gasteiger partial charge >= 0.3 is 0 Å². The van der Waals surface area contributed by atoms with Crippen LogP contribution in [0.5, 0.6) is 5.75 Å². The van der Waals surface area contributed by atoms with Crippen molar-refractivity contribution < 1.29 is 9.53 Å². The third kappa shape index (κ3) is 3.74. The molecule has 0 aromatic heterocycles. The number of halogens is 2. The Morgan fingerprint density at radius 2 is 2.10 bits per heavy atom. The van der Waals surface area contributed by atoms with Gasteiger partial charge in [0.2, 0.25) is 0 Å². The van der Waals surface area contributed by atoms with E-state index < -0.39 is 0 Å². The molecule has 5 heteroatoms. The number of anilines is 1. The second-order valence-electron chi connectivity index (χ2n) is 4.04. The SMILES string of the molecule is CCOc1ccc(Br)cc1C(=O)Nc1cccc(Cl)c1. The number of rotatable bonds is 4. The van der Waals surface area contributed by atoms with Gasteiger partial charge in [0.1, 0.15) is 5.75 Å². The monoisotopic (exact) mass is 353 g/mol. The fourth-order valence-corrected chi connectivity index (χ4v) is 2.28. The van der Waals surface area contributed by atoms with Crippen molar-refractivity contribution in [2.75, 3.05) is 11.9 Å². The Labute approximate surface area is 131 Å². The van der Waals surface area contributed by atoms with Crippen molar-refractivity contribution in [3.63, 3.8) is 0 Å². The maximum atomic E-state index is 12.3. The van der Waals surface area contributed by atoms with Gasteiger partial charge in [-0.25, -0.2) is 0 Å². The topological polar surface area (TPSA) is 38.3 Å². The van der Waals surface area contributed by atoms with Gasteiger partial charge in [-0.3, -0.25) is 4.79 Å². The predicted molar refractivity (Wildman–Crippen MR) is 84.7 cm³/mol. The first-order valence-corrected chi connectivity index (χ1v) is 7.26. The lowest BCUT2D eigenvalue weighted by atomic mass is 10.2. The zero-order chi connectivity index (χ0) is 14.5. The number of nitrogens with one attached hydrogen (secondary N) is 1. The molecule has 1 N–H and O–H groups in total. The Hall–Kier alpha value is -1.52. The van der Waals surface area contributed by atoms with Gasteiger partial charge < -0.3 is 10.1 Å². The van der Waals surface area contributed by atoms with Crippen molar-refractivity contribution in [1.29, 1.82) is 0 Å². The van der Waals surface area contributed by atoms with Gasteiger partial charge in [0, 0.05) is 15.2 Å². The second-order valence-corrected chi connectivity index (χ2v) is 5.39. The number of benzene rings is 2. The van der Waals surface area contributed by atoms with Crippen LogP contribution in [0.4, 0.5) is 5.69 Å². The van der Waals surface area contributed by atoms with E-state index in [2.05, 4.69) is 21.2 Å². The smallest absolute Gasteiger partial charge is 0.259 e. The normalized spacial score (nSPS) is 10.2. The molecule has 1 amide bonds. The lowest BCUT2D eigenvalue weighted by Gasteiger charge is -2.11. The van der Waals surface area contributed by atoms with Gasteiger partial charge in [0.25, 0.3) is 5.91 Å². The molecule has 20 heavy (non-hydrogen) atoms. The molecule has 0 aliphatic rings. The highest BCUT2D eigenvalue weighted by Gasteiger charge is 2.13. The van der Waals surface area contributed by atoms with Crippen molar-refractivity contribution >= 4 is 39.1 Å². The van der Waals surface area contributed by atoms with Crippen molar-refractivity contribution in [3.05, 3.63) is 57.5 Å². The number of carbonyl (C=O) groups excluding carboxylic acids is 1. The van der Waals surface area contributed by atoms with E-state index in [0.717, 1.165) is 4.47 Å². The van der Waals surface area contributed by atoms with Crippen LogP contribution in [-0.4, -0.2) is 12.5 Å². The summed E-state index contributed by atoms with van der Waals surface area (Å²) in [6.45, 7) is 2.37. The summed E-state index contributed by atoms with van der Waals surface area (Å²) in [7, 11) is 0. The molecule has 0 saturated heterocycles. The van der Waals surface area contributed by atoms with E-state index in [0.29, 0.717) is 28.6 Å². The maximum Gasteiger partial charge on any atom is 0.259 e. The maximum absolute atomic E-state index is 12.3. The Morgan fingerprint density at radius 3 is 2.80 bits per heavy atom. The van der Waals surface area contributed by atoms with E-state index in [1.165, 1.54) is 0 Å². The van der Waals surface area contributed by atoms with Crippen LogP contribution >= 0.6 is 27.5 Å². The van der Waals surface area contributed by atoms with Crippen LogP contribution in [0, 0.1) is 0 Å². The molecule has 0 atom stereocenters. The lowest BCUT2D eigenvalue weighted by Crippen LogP contribution is -2.13. The molecule has 0 saturated carbocycles. The van der Waals surface area contributed by atoms with Gasteiger partial charge in [-0.1, -0.05) is 33.6 Å². The molecular formula is C15H13BrClNO2. The summed E-state index contributed by atoms with van der Waals surface area (Å²) in [4.78, 5) is 12.3. The Balaban J connectivity index is 2.26. The zero-order valence-corrected chi connectivity index (χ0v) is 13.2. The molecule has 0 spiro atoms. The molecule has 3 nitrogen and oxygen atoms in total. The van der Waals surface area contributed by atoms with Crippen LogP contribution in [0.2, 0.25) is 5.02 Å². The molecule has 0 fully saturated rings. The van der Waals surface area contributed by atoms with E-state index in [9.17, 15) is 4.79 Å². The quantitative estimate of drug-likeness (QED) is 0.860. The number of carbonyl (C=O) groups is 1. The summed E-state index contributed by atoms with van der Waals surface area (Å²) < 4.78 is 6.28. The van der Waals surface area contributed by atoms with E-state index in [-0.39, 0.29) is 5.91 Å². The number of hydrogen-bond donors (Lipinski definition) is 1. The molecule has 0 aliphatic carbocycles. The molecule has 104 valence electrons. The third-order valence-corrected chi connectivity index (χ3v) is 3.30. The average molecular weight is 355 g/mol. The summed E-state index contributed by atoms with van der Waals surface area (Å²) in [5, 5.41) is 3.37. The van der Waals surface area contributed by atoms with Crippen LogP contribution in [0.25, 0.3) is 0 Å². The minimum Gasteiger partial charge on any atom is -0.493 e. The minimum absolute atomic E-state index is 0.239. The van der Waals surface area contributed by atoms with Gasteiger partial charge in [0.15, 0.2) is 0 Å². The summed E-state index contributed by atoms with van der Waals surface area (Å²) in [6.07, 6.45) is 0. The van der Waals surface area contributed by atoms with E-state index in [1.54, 1.807) is 36.4 Å². The van der Waals surface area contributed by atoms with Crippen LogP contribution in [0.1, 0.15) is 17.3 Å². The van der Waals surface area contributed by atoms with Crippen LogP contribution < -0.4 is 10.1 Å². The molecule has 0 bridgehead atoms. The lowest BCUT2D eigenvalue weighted by molar-refractivity contribution is 0.102. The van der Waals surface area contributed by atoms with Gasteiger partial charge in [0.05, 0.1) is 12.2 Å². The van der Waals surface area contributed by atoms with Gasteiger partial charge in [-0.05, 0) is 43.3 Å². The fraction of sp³-hybridized carbons (Fsp3) is 0.133. The summed E-state index contributed by atoms with van der Waals surface area (Å²) >= 11 is 9.25. The largest absolute Gasteiger partial charge is 0.493 e. The highest BCUT2D eigenvalue weighted by atomic mass is 79.9. The molecule has 0 unspecified atom stereocenters. The molecule has 0 aliphatic heterocycles. The highest BCUT2D eigenvalue weighted by molar-refractivity contribution is 9.10. The molecule has 0 heterocycles. The van der Waals surface area contributed by atoms with Crippen LogP contribution in [0.15, 0.2) is 46.9 Å². The summed E-state index contributed by atoms with van der Waals surface area (Å²) in [5.41, 5.74) is 1.12. The minimum atomic E-state index is -0.239. The van der Waals surface area contributed by atoms with Crippen molar-refractivity contribution in [3.8, 4) is 5.75 Å². The zero-order valence-electron chi connectivity index (χ0n) is 10.8. The Morgan fingerprint density at radius 1 is 1.30 bits per heavy atom. The molecule has 2 aromatic carbocycles. The first-order chi connectivity index (χ1) is 9.60. The van der Waals surface area contributed by atoms with E-state index in [1.807, 2.05) is 13.0 Å². The van der Waals surface area contributed by atoms with Crippen molar-refractivity contribution in [2.45, 2.75) is 6.92 Å². The Bertz CT molecular complexity index is 631. The van der Waals surface area contributed by atoms with E-state index in [4.69, 9.17) is 16.3 Å². The summed E-state index contributed by atoms with van der Waals surface area (Å²) in [5.74, 6) is 0.312. The molecular weight excluding hydrogens is 342 g/mol.